The van der Waals surface area contributed by atoms with Gasteiger partial charge in [-0.1, -0.05) is 0 Å². The molecule has 4 rings (SSSR count). The Morgan fingerprint density at radius 2 is 1.65 bits per heavy atom. The maximum atomic E-state index is 6.00. The molecule has 4 nitrogen and oxygen atoms in total. The van der Waals surface area contributed by atoms with Crippen molar-refractivity contribution >= 4 is 19.0 Å². The van der Waals surface area contributed by atoms with Crippen LogP contribution in [-0.4, -0.2) is 33.3 Å². The van der Waals surface area contributed by atoms with Gasteiger partial charge >= 0.3 is 163 Å². The molecule has 1 radical (unpaired) electrons. The first kappa shape index (κ1) is 16.8. The van der Waals surface area contributed by atoms with Crippen LogP contribution in [0.4, 0.5) is 0 Å². The molecule has 0 aliphatic heterocycles. The van der Waals surface area contributed by atoms with E-state index in [4.69, 9.17) is 3.53 Å². The van der Waals surface area contributed by atoms with Gasteiger partial charge in [0, 0.05) is 0 Å². The Morgan fingerprint density at radius 3 is 2.23 bits per heavy atom. The van der Waals surface area contributed by atoms with E-state index in [1.165, 1.54) is 11.1 Å². The summed E-state index contributed by atoms with van der Waals surface area (Å²) in [6.07, 6.45) is 4.64. The first-order valence-electron chi connectivity index (χ1n) is 8.65. The second-order valence-corrected chi connectivity index (χ2v) is 6.57. The molecule has 26 heavy (non-hydrogen) atoms. The van der Waals surface area contributed by atoms with Gasteiger partial charge in [0.2, 0.25) is 0 Å². The number of para-hydroxylation sites is 1. The quantitative estimate of drug-likeness (QED) is 0.474. The van der Waals surface area contributed by atoms with Gasteiger partial charge in [-0.25, -0.2) is 0 Å². The summed E-state index contributed by atoms with van der Waals surface area (Å²) in [4.78, 5) is 0. The van der Waals surface area contributed by atoms with Crippen LogP contribution >= 0.6 is 0 Å². The van der Waals surface area contributed by atoms with Gasteiger partial charge in [-0.3, -0.25) is 0 Å². The molecule has 0 aliphatic rings. The zero-order valence-electron chi connectivity index (χ0n) is 14.7. The minimum absolute atomic E-state index is 0.730. The monoisotopic (exact) mass is 398 g/mol. The molecule has 4 aromatic rings. The van der Waals surface area contributed by atoms with E-state index in [1.807, 2.05) is 29.1 Å². The van der Waals surface area contributed by atoms with Crippen molar-refractivity contribution in [2.24, 2.45) is 0 Å². The van der Waals surface area contributed by atoms with E-state index in [0.717, 1.165) is 48.3 Å². The van der Waals surface area contributed by atoms with Crippen molar-refractivity contribution in [3.05, 3.63) is 84.7 Å². The van der Waals surface area contributed by atoms with E-state index in [2.05, 4.69) is 65.1 Å². The minimum atomic E-state index is 0.730. The SMILES string of the molecule is CCc1c([O][GaH])c(-n2cccn2)n(-c2ccccc2)c1-c1ccccc1. The van der Waals surface area contributed by atoms with Crippen LogP contribution in [-0.2, 0) is 6.42 Å². The molecule has 2 heterocycles. The molecule has 2 aromatic carbocycles. The predicted molar refractivity (Wildman–Crippen MR) is 105 cm³/mol. The molecular weight excluding hydrogens is 380 g/mol. The van der Waals surface area contributed by atoms with Gasteiger partial charge in [0.25, 0.3) is 0 Å². The number of aromatic nitrogens is 3. The third-order valence-electron chi connectivity index (χ3n) is 4.48. The average molecular weight is 399 g/mol. The van der Waals surface area contributed by atoms with Gasteiger partial charge in [0.1, 0.15) is 0 Å². The van der Waals surface area contributed by atoms with Gasteiger partial charge in [-0.2, -0.15) is 0 Å². The van der Waals surface area contributed by atoms with E-state index in [1.54, 1.807) is 6.20 Å². The third-order valence-corrected chi connectivity index (χ3v) is 5.09. The first-order valence-corrected chi connectivity index (χ1v) is 9.86. The Balaban J connectivity index is 2.14. The van der Waals surface area contributed by atoms with Gasteiger partial charge in [0.15, 0.2) is 0 Å². The number of nitrogens with zero attached hydrogens (tertiary/aromatic N) is 3. The zero-order valence-corrected chi connectivity index (χ0v) is 17.6. The third kappa shape index (κ3) is 2.79. The normalized spacial score (nSPS) is 10.8. The fraction of sp³-hybridized carbons (Fsp3) is 0.0952. The molecule has 127 valence electrons. The van der Waals surface area contributed by atoms with E-state index < -0.39 is 0 Å². The van der Waals surface area contributed by atoms with Crippen LogP contribution in [0.2, 0.25) is 0 Å². The molecule has 0 atom stereocenters. The summed E-state index contributed by atoms with van der Waals surface area (Å²) in [5.74, 6) is 1.86. The van der Waals surface area contributed by atoms with E-state index >= 15 is 0 Å². The average Bonchev–Trinajstić information content (AvgIpc) is 3.34. The molecule has 0 saturated heterocycles. The molecule has 0 aliphatic carbocycles. The predicted octanol–water partition coefficient (Wildman–Crippen LogP) is 4.09. The van der Waals surface area contributed by atoms with Gasteiger partial charge in [-0.05, 0) is 0 Å². The van der Waals surface area contributed by atoms with Crippen LogP contribution in [0.15, 0.2) is 79.1 Å². The Morgan fingerprint density at radius 1 is 0.962 bits per heavy atom. The topological polar surface area (TPSA) is 32.0 Å². The summed E-state index contributed by atoms with van der Waals surface area (Å²) in [5, 5.41) is 4.49. The molecule has 0 fully saturated rings. The van der Waals surface area contributed by atoms with Crippen molar-refractivity contribution in [3.8, 4) is 28.5 Å². The number of hydrogen-bond acceptors (Lipinski definition) is 2. The van der Waals surface area contributed by atoms with Crippen LogP contribution in [0.1, 0.15) is 12.5 Å². The van der Waals surface area contributed by atoms with Crippen molar-refractivity contribution in [2.45, 2.75) is 13.3 Å². The molecule has 0 bridgehead atoms. The van der Waals surface area contributed by atoms with Crippen LogP contribution in [0.25, 0.3) is 22.8 Å². The standard InChI is InChI=1S/C21H19N3O.Ga.H/c1-2-18-19(16-10-5-3-6-11-16)24(17-12-7-4-8-13-17)21(20(18)25)23-15-9-14-22-23;;/h3-15,25H,2H2,1H3;;/q;+1;/p-1. The Bertz CT molecular complexity index is 993. The summed E-state index contributed by atoms with van der Waals surface area (Å²) >= 11 is 0.730. The summed E-state index contributed by atoms with van der Waals surface area (Å²) < 4.78 is 10.1. The van der Waals surface area contributed by atoms with E-state index in [-0.39, 0.29) is 0 Å². The molecular formula is C21H19GaN3O. The molecule has 0 saturated carbocycles. The fourth-order valence-corrected chi connectivity index (χ4v) is 4.03. The molecule has 0 unspecified atom stereocenters. The van der Waals surface area contributed by atoms with Crippen molar-refractivity contribution < 1.29 is 3.53 Å². The Labute approximate surface area is 163 Å². The fourth-order valence-electron chi connectivity index (χ4n) is 3.39. The second kappa shape index (κ2) is 7.31. The van der Waals surface area contributed by atoms with E-state index in [9.17, 15) is 0 Å². The zero-order chi connectivity index (χ0) is 17.9. The van der Waals surface area contributed by atoms with Crippen LogP contribution in [0, 0.1) is 0 Å². The summed E-state index contributed by atoms with van der Waals surface area (Å²) in [7, 11) is 0. The number of hydrogen-bond donors (Lipinski definition) is 0. The van der Waals surface area contributed by atoms with Gasteiger partial charge in [0.05, 0.1) is 0 Å². The van der Waals surface area contributed by atoms with Crippen molar-refractivity contribution in [1.29, 1.82) is 0 Å². The maximum absolute atomic E-state index is 6.00. The number of rotatable bonds is 5. The molecule has 2 aromatic heterocycles. The van der Waals surface area contributed by atoms with Crippen molar-refractivity contribution in [3.63, 3.8) is 0 Å². The molecule has 5 heteroatoms. The van der Waals surface area contributed by atoms with Crippen LogP contribution in [0.5, 0.6) is 5.75 Å². The summed E-state index contributed by atoms with van der Waals surface area (Å²) in [6.45, 7) is 2.17. The van der Waals surface area contributed by atoms with Gasteiger partial charge < -0.3 is 0 Å². The molecule has 0 spiro atoms. The second-order valence-electron chi connectivity index (χ2n) is 5.97. The summed E-state index contributed by atoms with van der Waals surface area (Å²) in [6, 6.07) is 22.8. The van der Waals surface area contributed by atoms with E-state index in [0.29, 0.717) is 0 Å². The van der Waals surface area contributed by atoms with Crippen molar-refractivity contribution in [2.75, 3.05) is 0 Å². The Kier molecular flexibility index (Phi) is 4.73. The number of benzene rings is 2. The van der Waals surface area contributed by atoms with Crippen molar-refractivity contribution in [1.82, 2.24) is 14.3 Å². The van der Waals surface area contributed by atoms with Gasteiger partial charge in [-0.15, -0.1) is 0 Å². The Hall–Kier alpha value is -2.63. The van der Waals surface area contributed by atoms with Crippen LogP contribution in [0.3, 0.4) is 0 Å². The first-order chi connectivity index (χ1) is 12.8. The molecule has 0 amide bonds. The summed E-state index contributed by atoms with van der Waals surface area (Å²) in [5.41, 5.74) is 4.63. The molecule has 0 N–H and O–H groups in total. The van der Waals surface area contributed by atoms with Crippen LogP contribution < -0.4 is 3.53 Å².